The van der Waals surface area contributed by atoms with Crippen LogP contribution >= 0.6 is 15.9 Å². The lowest BCUT2D eigenvalue weighted by atomic mass is 10.1. The summed E-state index contributed by atoms with van der Waals surface area (Å²) < 4.78 is 11.7. The van der Waals surface area contributed by atoms with Gasteiger partial charge in [0.2, 0.25) is 0 Å². The van der Waals surface area contributed by atoms with E-state index in [2.05, 4.69) is 28.6 Å². The average molecular weight is 404 g/mol. The molecule has 0 atom stereocenters. The van der Waals surface area contributed by atoms with Crippen molar-refractivity contribution in [1.29, 1.82) is 0 Å². The number of methoxy groups -OCH3 is 1. The predicted molar refractivity (Wildman–Crippen MR) is 105 cm³/mol. The Morgan fingerprint density at radius 1 is 1.28 bits per heavy atom. The third kappa shape index (κ3) is 4.86. The number of benzene rings is 2. The van der Waals surface area contributed by atoms with Gasteiger partial charge < -0.3 is 14.4 Å². The third-order valence-electron chi connectivity index (χ3n) is 3.78. The summed E-state index contributed by atoms with van der Waals surface area (Å²) in [7, 11) is 5.36. The van der Waals surface area contributed by atoms with E-state index in [0.717, 1.165) is 26.9 Å². The van der Waals surface area contributed by atoms with Gasteiger partial charge in [0.1, 0.15) is 12.4 Å². The van der Waals surface area contributed by atoms with Crippen molar-refractivity contribution < 1.29 is 14.3 Å². The molecular formula is C20H22BrNO3. The third-order valence-corrected chi connectivity index (χ3v) is 4.44. The number of hydrogen-bond acceptors (Lipinski definition) is 4. The molecule has 132 valence electrons. The van der Waals surface area contributed by atoms with Crippen molar-refractivity contribution in [2.75, 3.05) is 26.1 Å². The van der Waals surface area contributed by atoms with E-state index in [9.17, 15) is 4.79 Å². The zero-order chi connectivity index (χ0) is 18.4. The van der Waals surface area contributed by atoms with Crippen molar-refractivity contribution in [3.8, 4) is 5.75 Å². The maximum absolute atomic E-state index is 11.5. The van der Waals surface area contributed by atoms with Gasteiger partial charge in [0, 0.05) is 35.4 Å². The second kappa shape index (κ2) is 8.72. The summed E-state index contributed by atoms with van der Waals surface area (Å²) in [5.41, 5.74) is 3.93. The number of hydrogen-bond donors (Lipinski definition) is 0. The molecule has 25 heavy (non-hydrogen) atoms. The van der Waals surface area contributed by atoms with Gasteiger partial charge in [-0.05, 0) is 23.8 Å². The van der Waals surface area contributed by atoms with E-state index in [-0.39, 0.29) is 12.4 Å². The molecule has 0 N–H and O–H groups in total. The van der Waals surface area contributed by atoms with E-state index in [1.807, 2.05) is 55.4 Å². The SMILES string of the molecule is C=Cc1c(Br)cc(COc2ccccc2CC(=O)OC)cc1N(C)C. The van der Waals surface area contributed by atoms with Crippen molar-refractivity contribution in [3.05, 3.63) is 64.1 Å². The summed E-state index contributed by atoms with van der Waals surface area (Å²) in [6.45, 7) is 4.27. The molecule has 0 heterocycles. The number of halogens is 1. The Morgan fingerprint density at radius 2 is 2.00 bits per heavy atom. The van der Waals surface area contributed by atoms with Gasteiger partial charge in [0.25, 0.3) is 0 Å². The summed E-state index contributed by atoms with van der Waals surface area (Å²) >= 11 is 3.59. The van der Waals surface area contributed by atoms with Gasteiger partial charge in [-0.15, -0.1) is 0 Å². The van der Waals surface area contributed by atoms with Gasteiger partial charge in [-0.3, -0.25) is 4.79 Å². The highest BCUT2D eigenvalue weighted by Gasteiger charge is 2.11. The first-order valence-corrected chi connectivity index (χ1v) is 8.65. The molecule has 0 saturated heterocycles. The molecule has 0 fully saturated rings. The van der Waals surface area contributed by atoms with Crippen molar-refractivity contribution in [3.63, 3.8) is 0 Å². The molecule has 0 spiro atoms. The number of esters is 1. The van der Waals surface area contributed by atoms with E-state index < -0.39 is 0 Å². The zero-order valence-corrected chi connectivity index (χ0v) is 16.3. The van der Waals surface area contributed by atoms with E-state index in [0.29, 0.717) is 12.4 Å². The summed E-state index contributed by atoms with van der Waals surface area (Å²) in [6, 6.07) is 11.6. The van der Waals surface area contributed by atoms with Crippen LogP contribution in [0.4, 0.5) is 5.69 Å². The van der Waals surface area contributed by atoms with E-state index in [4.69, 9.17) is 9.47 Å². The van der Waals surface area contributed by atoms with Crippen LogP contribution in [0.3, 0.4) is 0 Å². The summed E-state index contributed by atoms with van der Waals surface area (Å²) in [4.78, 5) is 13.6. The topological polar surface area (TPSA) is 38.8 Å². The lowest BCUT2D eigenvalue weighted by Crippen LogP contribution is -2.11. The Morgan fingerprint density at radius 3 is 2.64 bits per heavy atom. The van der Waals surface area contributed by atoms with Crippen molar-refractivity contribution in [2.45, 2.75) is 13.0 Å². The fourth-order valence-corrected chi connectivity index (χ4v) is 3.15. The van der Waals surface area contributed by atoms with Gasteiger partial charge in [-0.25, -0.2) is 0 Å². The van der Waals surface area contributed by atoms with Gasteiger partial charge >= 0.3 is 5.97 Å². The monoisotopic (exact) mass is 403 g/mol. The quantitative estimate of drug-likeness (QED) is 0.639. The molecule has 2 rings (SSSR count). The molecule has 0 aliphatic heterocycles. The van der Waals surface area contributed by atoms with Gasteiger partial charge in [-0.1, -0.05) is 46.8 Å². The number of carbonyl (C=O) groups excluding carboxylic acids is 1. The van der Waals surface area contributed by atoms with E-state index in [1.165, 1.54) is 7.11 Å². The number of carbonyl (C=O) groups is 1. The Bertz CT molecular complexity index is 772. The number of nitrogens with zero attached hydrogens (tertiary/aromatic N) is 1. The van der Waals surface area contributed by atoms with Crippen LogP contribution in [0.2, 0.25) is 0 Å². The van der Waals surface area contributed by atoms with Crippen LogP contribution < -0.4 is 9.64 Å². The first-order valence-electron chi connectivity index (χ1n) is 7.86. The molecule has 0 bridgehead atoms. The van der Waals surface area contributed by atoms with E-state index >= 15 is 0 Å². The predicted octanol–water partition coefficient (Wildman–Crippen LogP) is 4.45. The maximum Gasteiger partial charge on any atom is 0.310 e. The lowest BCUT2D eigenvalue weighted by Gasteiger charge is -2.19. The van der Waals surface area contributed by atoms with Gasteiger partial charge in [0.05, 0.1) is 13.5 Å². The zero-order valence-electron chi connectivity index (χ0n) is 14.7. The Kier molecular flexibility index (Phi) is 6.65. The molecule has 0 radical (unpaired) electrons. The minimum atomic E-state index is -0.288. The summed E-state index contributed by atoms with van der Waals surface area (Å²) in [6.07, 6.45) is 2.02. The number of ether oxygens (including phenoxy) is 2. The minimum Gasteiger partial charge on any atom is -0.489 e. The fraction of sp³-hybridized carbons (Fsp3) is 0.250. The molecule has 0 aliphatic carbocycles. The van der Waals surface area contributed by atoms with E-state index in [1.54, 1.807) is 0 Å². The first kappa shape index (κ1) is 19.1. The number of rotatable bonds is 7. The highest BCUT2D eigenvalue weighted by Crippen LogP contribution is 2.30. The molecule has 2 aromatic rings. The fourth-order valence-electron chi connectivity index (χ4n) is 2.49. The highest BCUT2D eigenvalue weighted by molar-refractivity contribution is 9.10. The van der Waals surface area contributed by atoms with Crippen molar-refractivity contribution >= 4 is 33.7 Å². The lowest BCUT2D eigenvalue weighted by molar-refractivity contribution is -0.139. The molecule has 0 aliphatic rings. The molecule has 2 aromatic carbocycles. The van der Waals surface area contributed by atoms with Crippen molar-refractivity contribution in [1.82, 2.24) is 0 Å². The standard InChI is InChI=1S/C20H22BrNO3/c1-5-16-17(21)10-14(11-18(16)22(2)3)13-25-19-9-7-6-8-15(19)12-20(23)24-4/h5-11H,1,12-13H2,2-4H3. The molecule has 4 nitrogen and oxygen atoms in total. The van der Waals surface area contributed by atoms with Crippen LogP contribution in [0.5, 0.6) is 5.75 Å². The normalized spacial score (nSPS) is 10.2. The van der Waals surface area contributed by atoms with Crippen LogP contribution in [0.1, 0.15) is 16.7 Å². The van der Waals surface area contributed by atoms with Gasteiger partial charge in [0.15, 0.2) is 0 Å². The van der Waals surface area contributed by atoms with Crippen LogP contribution in [0.15, 0.2) is 47.4 Å². The van der Waals surface area contributed by atoms with Crippen LogP contribution in [0, 0.1) is 0 Å². The molecule has 0 aromatic heterocycles. The summed E-state index contributed by atoms with van der Waals surface area (Å²) in [5, 5.41) is 0. The molecule has 0 unspecified atom stereocenters. The van der Waals surface area contributed by atoms with Crippen molar-refractivity contribution in [2.24, 2.45) is 0 Å². The number of anilines is 1. The minimum absolute atomic E-state index is 0.189. The second-order valence-corrected chi connectivity index (χ2v) is 6.61. The average Bonchev–Trinajstić information content (AvgIpc) is 2.60. The first-order chi connectivity index (χ1) is 12.0. The smallest absolute Gasteiger partial charge is 0.310 e. The summed E-state index contributed by atoms with van der Waals surface area (Å²) in [5.74, 6) is 0.396. The van der Waals surface area contributed by atoms with Gasteiger partial charge in [-0.2, -0.15) is 0 Å². The van der Waals surface area contributed by atoms with Crippen LogP contribution in [-0.4, -0.2) is 27.2 Å². The van der Waals surface area contributed by atoms with Crippen LogP contribution in [0.25, 0.3) is 6.08 Å². The Labute approximate surface area is 157 Å². The Balaban J connectivity index is 2.22. The van der Waals surface area contributed by atoms with Crippen LogP contribution in [-0.2, 0) is 22.6 Å². The maximum atomic E-state index is 11.5. The highest BCUT2D eigenvalue weighted by atomic mass is 79.9. The Hall–Kier alpha value is -2.27. The second-order valence-electron chi connectivity index (χ2n) is 5.76. The largest absolute Gasteiger partial charge is 0.489 e. The molecule has 5 heteroatoms. The molecule has 0 amide bonds. The molecule has 0 saturated carbocycles. The number of para-hydroxylation sites is 1. The molecular weight excluding hydrogens is 382 g/mol.